The molecule has 1 heterocycles. The third kappa shape index (κ3) is 4.88. The van der Waals surface area contributed by atoms with Crippen molar-refractivity contribution in [3.05, 3.63) is 35.9 Å². The van der Waals surface area contributed by atoms with E-state index in [1.165, 1.54) is 5.56 Å². The Morgan fingerprint density at radius 3 is 2.67 bits per heavy atom. The largest absolute Gasteiger partial charge is 0.323 e. The zero-order valence-electron chi connectivity index (χ0n) is 12.6. The molecule has 0 aliphatic carbocycles. The summed E-state index contributed by atoms with van der Waals surface area (Å²) in [4.78, 5) is 25.0. The number of thioether (sulfide) groups is 1. The molecule has 1 aliphatic rings. The van der Waals surface area contributed by atoms with Crippen molar-refractivity contribution >= 4 is 23.5 Å². The normalized spacial score (nSPS) is 17.7. The Morgan fingerprint density at radius 1 is 1.24 bits per heavy atom. The van der Waals surface area contributed by atoms with Crippen LogP contribution in [0.5, 0.6) is 0 Å². The maximum Gasteiger partial charge on any atom is 0.226 e. The lowest BCUT2D eigenvalue weighted by atomic mass is 10.0. The molecule has 1 fully saturated rings. The number of carbonyl (C=O) groups is 2. The molecule has 4 heteroatoms. The maximum atomic E-state index is 11.9. The SMILES string of the molecule is CSC1CC(=O)N1CC(=O)CCCCCc1ccccc1. The predicted molar refractivity (Wildman–Crippen MR) is 87.3 cm³/mol. The van der Waals surface area contributed by atoms with Gasteiger partial charge in [-0.2, -0.15) is 0 Å². The highest BCUT2D eigenvalue weighted by atomic mass is 32.2. The lowest BCUT2D eigenvalue weighted by Gasteiger charge is -2.38. The monoisotopic (exact) mass is 305 g/mol. The van der Waals surface area contributed by atoms with Crippen molar-refractivity contribution < 1.29 is 9.59 Å². The molecule has 1 unspecified atom stereocenters. The lowest BCUT2D eigenvalue weighted by Crippen LogP contribution is -2.52. The first kappa shape index (κ1) is 16.1. The van der Waals surface area contributed by atoms with Crippen molar-refractivity contribution in [2.75, 3.05) is 12.8 Å². The van der Waals surface area contributed by atoms with Crippen LogP contribution in [0, 0.1) is 0 Å². The van der Waals surface area contributed by atoms with E-state index in [0.29, 0.717) is 19.4 Å². The minimum atomic E-state index is 0.117. The number of amides is 1. The van der Waals surface area contributed by atoms with Crippen LogP contribution in [0.2, 0.25) is 0 Å². The first-order valence-electron chi connectivity index (χ1n) is 7.58. The third-order valence-corrected chi connectivity index (χ3v) is 4.87. The zero-order valence-corrected chi connectivity index (χ0v) is 13.4. The zero-order chi connectivity index (χ0) is 15.1. The number of β-lactam (4-membered cyclic amide) rings is 1. The van der Waals surface area contributed by atoms with Crippen molar-refractivity contribution in [3.63, 3.8) is 0 Å². The molecule has 21 heavy (non-hydrogen) atoms. The summed E-state index contributed by atoms with van der Waals surface area (Å²) in [6, 6.07) is 10.4. The molecule has 2 rings (SSSR count). The van der Waals surface area contributed by atoms with E-state index >= 15 is 0 Å². The van der Waals surface area contributed by atoms with E-state index in [2.05, 4.69) is 24.3 Å². The first-order valence-corrected chi connectivity index (χ1v) is 8.87. The van der Waals surface area contributed by atoms with Gasteiger partial charge in [0, 0.05) is 6.42 Å². The van der Waals surface area contributed by atoms with Crippen LogP contribution < -0.4 is 0 Å². The number of aryl methyl sites for hydroxylation is 1. The molecule has 0 radical (unpaired) electrons. The number of unbranched alkanes of at least 4 members (excludes halogenated alkanes) is 2. The molecule has 1 saturated heterocycles. The van der Waals surface area contributed by atoms with Gasteiger partial charge in [-0.3, -0.25) is 9.59 Å². The van der Waals surface area contributed by atoms with E-state index in [4.69, 9.17) is 0 Å². The number of likely N-dealkylation sites (tertiary alicyclic amines) is 1. The van der Waals surface area contributed by atoms with Crippen LogP contribution in [0.1, 0.15) is 37.7 Å². The van der Waals surface area contributed by atoms with Crippen LogP contribution in [0.15, 0.2) is 30.3 Å². The number of hydrogen-bond donors (Lipinski definition) is 0. The van der Waals surface area contributed by atoms with E-state index in [1.807, 2.05) is 12.3 Å². The fourth-order valence-corrected chi connectivity index (χ4v) is 3.32. The number of benzene rings is 1. The second-order valence-electron chi connectivity index (χ2n) is 5.50. The van der Waals surface area contributed by atoms with Gasteiger partial charge in [-0.15, -0.1) is 11.8 Å². The molecule has 0 saturated carbocycles. The fraction of sp³-hybridized carbons (Fsp3) is 0.529. The summed E-state index contributed by atoms with van der Waals surface area (Å²) >= 11 is 1.65. The van der Waals surface area contributed by atoms with Crippen LogP contribution in [-0.2, 0) is 16.0 Å². The van der Waals surface area contributed by atoms with Gasteiger partial charge < -0.3 is 4.90 Å². The first-order chi connectivity index (χ1) is 10.2. The highest BCUT2D eigenvalue weighted by Crippen LogP contribution is 2.27. The number of Topliss-reactive ketones (excluding diaryl/α,β-unsaturated/α-hetero) is 1. The molecule has 1 aromatic carbocycles. The van der Waals surface area contributed by atoms with Gasteiger partial charge in [0.25, 0.3) is 0 Å². The lowest BCUT2D eigenvalue weighted by molar-refractivity contribution is -0.144. The van der Waals surface area contributed by atoms with Crippen LogP contribution >= 0.6 is 11.8 Å². The molecule has 0 spiro atoms. The van der Waals surface area contributed by atoms with Crippen LogP contribution in [0.4, 0.5) is 0 Å². The molecule has 0 aromatic heterocycles. The Balaban J connectivity index is 1.56. The summed E-state index contributed by atoms with van der Waals surface area (Å²) in [6.07, 6.45) is 7.36. The Kier molecular flexibility index (Phi) is 6.30. The molecule has 1 aliphatic heterocycles. The number of ketones is 1. The fourth-order valence-electron chi connectivity index (χ4n) is 2.57. The Bertz CT molecular complexity index is 475. The molecular weight excluding hydrogens is 282 g/mol. The van der Waals surface area contributed by atoms with E-state index in [0.717, 1.165) is 25.7 Å². The number of rotatable bonds is 9. The average Bonchev–Trinajstić information content (AvgIpc) is 2.51. The molecular formula is C17H23NO2S. The van der Waals surface area contributed by atoms with Gasteiger partial charge in [0.2, 0.25) is 5.91 Å². The smallest absolute Gasteiger partial charge is 0.226 e. The summed E-state index contributed by atoms with van der Waals surface area (Å²) in [7, 11) is 0. The Labute approximate surface area is 131 Å². The van der Waals surface area contributed by atoms with Gasteiger partial charge in [-0.1, -0.05) is 36.8 Å². The third-order valence-electron chi connectivity index (χ3n) is 3.90. The highest BCUT2D eigenvalue weighted by Gasteiger charge is 2.36. The van der Waals surface area contributed by atoms with Gasteiger partial charge in [0.1, 0.15) is 0 Å². The summed E-state index contributed by atoms with van der Waals surface area (Å²) in [5, 5.41) is 0.222. The Morgan fingerprint density at radius 2 is 2.00 bits per heavy atom. The average molecular weight is 305 g/mol. The number of hydrogen-bond acceptors (Lipinski definition) is 3. The predicted octanol–water partition coefficient (Wildman–Crippen LogP) is 3.28. The van der Waals surface area contributed by atoms with Crippen molar-refractivity contribution in [2.45, 2.75) is 43.9 Å². The highest BCUT2D eigenvalue weighted by molar-refractivity contribution is 7.99. The van der Waals surface area contributed by atoms with E-state index in [-0.39, 0.29) is 17.1 Å². The topological polar surface area (TPSA) is 37.4 Å². The molecule has 1 amide bonds. The van der Waals surface area contributed by atoms with Crippen molar-refractivity contribution in [1.29, 1.82) is 0 Å². The second kappa shape index (κ2) is 8.23. The van der Waals surface area contributed by atoms with Gasteiger partial charge in [-0.05, 0) is 31.1 Å². The van der Waals surface area contributed by atoms with Crippen molar-refractivity contribution in [1.82, 2.24) is 4.90 Å². The maximum absolute atomic E-state index is 11.9. The van der Waals surface area contributed by atoms with Crippen LogP contribution in [-0.4, -0.2) is 34.8 Å². The van der Waals surface area contributed by atoms with Crippen molar-refractivity contribution in [2.24, 2.45) is 0 Å². The second-order valence-corrected chi connectivity index (χ2v) is 6.52. The van der Waals surface area contributed by atoms with Gasteiger partial charge in [-0.25, -0.2) is 0 Å². The molecule has 3 nitrogen and oxygen atoms in total. The summed E-state index contributed by atoms with van der Waals surface area (Å²) < 4.78 is 0. The number of carbonyl (C=O) groups excluding carboxylic acids is 2. The van der Waals surface area contributed by atoms with E-state index in [9.17, 15) is 9.59 Å². The quantitative estimate of drug-likeness (QED) is 0.519. The van der Waals surface area contributed by atoms with Crippen LogP contribution in [0.25, 0.3) is 0 Å². The van der Waals surface area contributed by atoms with Gasteiger partial charge >= 0.3 is 0 Å². The number of nitrogens with zero attached hydrogens (tertiary/aromatic N) is 1. The summed E-state index contributed by atoms with van der Waals surface area (Å²) in [6.45, 7) is 0.309. The summed E-state index contributed by atoms with van der Waals surface area (Å²) in [5.74, 6) is 0.314. The van der Waals surface area contributed by atoms with Gasteiger partial charge in [0.05, 0.1) is 18.3 Å². The van der Waals surface area contributed by atoms with Crippen LogP contribution in [0.3, 0.4) is 0 Å². The molecule has 0 bridgehead atoms. The standard InChI is InChI=1S/C17H23NO2S/c1-21-17-12-16(20)18(17)13-15(19)11-7-3-6-10-14-8-4-2-5-9-14/h2,4-5,8-9,17H,3,6-7,10-13H2,1H3. The minimum Gasteiger partial charge on any atom is -0.323 e. The van der Waals surface area contributed by atoms with E-state index in [1.54, 1.807) is 16.7 Å². The molecule has 1 atom stereocenters. The van der Waals surface area contributed by atoms with E-state index < -0.39 is 0 Å². The molecule has 0 N–H and O–H groups in total. The van der Waals surface area contributed by atoms with Crippen molar-refractivity contribution in [3.8, 4) is 0 Å². The molecule has 1 aromatic rings. The Hall–Kier alpha value is -1.29. The molecule has 114 valence electrons. The minimum absolute atomic E-state index is 0.117. The summed E-state index contributed by atoms with van der Waals surface area (Å²) in [5.41, 5.74) is 1.36. The van der Waals surface area contributed by atoms with Gasteiger partial charge in [0.15, 0.2) is 5.78 Å².